The number of guanidine groups is 1. The quantitative estimate of drug-likeness (QED) is 0.0448. The van der Waals surface area contributed by atoms with E-state index in [-0.39, 0.29) is 55.4 Å². The second-order valence-corrected chi connectivity index (χ2v) is 16.3. The predicted octanol–water partition coefficient (Wildman–Crippen LogP) is -1.89. The number of nitrogens with one attached hydrogen (secondary N) is 4. The van der Waals surface area contributed by atoms with Crippen molar-refractivity contribution in [3.63, 3.8) is 0 Å². The number of phenolic OH excluding ortho intramolecular Hbond substituents is 1. The van der Waals surface area contributed by atoms with E-state index in [0.29, 0.717) is 18.4 Å². The van der Waals surface area contributed by atoms with Crippen molar-refractivity contribution >= 4 is 59.0 Å². The number of carbonyl (C=O) groups excluding carboxylic acids is 7. The SMILES string of the molecule is CC[C@H](C)[C@@H]1NC(=O)[C@H](Cc2ccc(O)c(Cl)c2)N(C)C(=O)[C@@H]([C@@H](C)CC)N2C(=O)[C@H](CC[C@H]2O)NC(=O)[C@H](CCCN=C(N)N)NC(=O)[C@@H](NC(=O)[C@H](O)CO)[C@H](C)OC1=O. The molecular weight excluding hydrogens is 834 g/mol. The standard InChI is InChI=1S/C40H62ClN9O12/c1-7-19(3)30-39(61)62-21(5)31(48-35(57)28(53)18-51)36(58)45-24(10-9-15-44-40(42)43)33(55)46-25-12-14-29(54)50(37(25)59)32(20(4)8-2)38(60)49(6)26(34(56)47-30)17-22-11-13-27(52)23(41)16-22/h11,13,16,19-21,24-26,28-32,51-54H,7-10,12,14-15,17-18H2,1-6H3,(H,45,58)(H,46,55)(H,47,56)(H,48,57)(H4,42,43,44)/t19-,20-,21-,24-,25-,26-,28+,29+,30-,31-,32+/m0/s1. The fraction of sp³-hybridized carbons (Fsp3) is 0.650. The number of phenols is 1. The third-order valence-corrected chi connectivity index (χ3v) is 11.7. The van der Waals surface area contributed by atoms with Crippen LogP contribution in [-0.4, -0.2) is 152 Å². The average Bonchev–Trinajstić information content (AvgIpc) is 3.23. The Balaban J connectivity index is 2.26. The van der Waals surface area contributed by atoms with Crippen LogP contribution in [0.4, 0.5) is 0 Å². The summed E-state index contributed by atoms with van der Waals surface area (Å²) in [6, 6.07) is -4.53. The number of esters is 1. The lowest BCUT2D eigenvalue weighted by molar-refractivity contribution is -0.168. The van der Waals surface area contributed by atoms with Gasteiger partial charge in [-0.15, -0.1) is 0 Å². The summed E-state index contributed by atoms with van der Waals surface area (Å²) in [6.45, 7) is 7.09. The number of amides is 6. The van der Waals surface area contributed by atoms with Crippen molar-refractivity contribution in [2.24, 2.45) is 28.3 Å². The third kappa shape index (κ3) is 13.1. The van der Waals surface area contributed by atoms with Gasteiger partial charge in [0.05, 0.1) is 11.6 Å². The van der Waals surface area contributed by atoms with Gasteiger partial charge in [0.15, 0.2) is 12.1 Å². The number of piperidine rings is 1. The number of ether oxygens (including phenoxy) is 1. The lowest BCUT2D eigenvalue weighted by Crippen LogP contribution is -2.66. The van der Waals surface area contributed by atoms with E-state index < -0.39 is 115 Å². The van der Waals surface area contributed by atoms with Crippen LogP contribution < -0.4 is 32.7 Å². The van der Waals surface area contributed by atoms with Gasteiger partial charge in [0.25, 0.3) is 5.91 Å². The molecule has 2 saturated heterocycles. The molecule has 0 saturated carbocycles. The van der Waals surface area contributed by atoms with Gasteiger partial charge in [-0.3, -0.25) is 33.8 Å². The molecule has 12 N–H and O–H groups in total. The second-order valence-electron chi connectivity index (χ2n) is 15.9. The van der Waals surface area contributed by atoms with Crippen LogP contribution >= 0.6 is 11.6 Å². The van der Waals surface area contributed by atoms with Crippen LogP contribution in [0.3, 0.4) is 0 Å². The summed E-state index contributed by atoms with van der Waals surface area (Å²) in [5.41, 5.74) is 11.3. The highest BCUT2D eigenvalue weighted by atomic mass is 35.5. The fourth-order valence-electron chi connectivity index (χ4n) is 7.17. The first-order valence-corrected chi connectivity index (χ1v) is 21.0. The van der Waals surface area contributed by atoms with E-state index in [4.69, 9.17) is 27.8 Å². The Morgan fingerprint density at radius 3 is 2.26 bits per heavy atom. The molecule has 2 aliphatic heterocycles. The van der Waals surface area contributed by atoms with Crippen LogP contribution in [0.1, 0.15) is 78.7 Å². The van der Waals surface area contributed by atoms with Crippen LogP contribution in [-0.2, 0) is 44.7 Å². The number of nitrogens with zero attached hydrogens (tertiary/aromatic N) is 3. The number of rotatable bonds is 13. The van der Waals surface area contributed by atoms with Gasteiger partial charge < -0.3 is 67.7 Å². The van der Waals surface area contributed by atoms with Gasteiger partial charge in [0.1, 0.15) is 54.3 Å². The highest BCUT2D eigenvalue weighted by molar-refractivity contribution is 6.32. The summed E-state index contributed by atoms with van der Waals surface area (Å²) in [7, 11) is 1.34. The Kier molecular flexibility index (Phi) is 19.2. The maximum Gasteiger partial charge on any atom is 0.329 e. The molecule has 21 nitrogen and oxygen atoms in total. The van der Waals surface area contributed by atoms with E-state index in [0.717, 1.165) is 9.80 Å². The molecule has 0 spiro atoms. The molecule has 22 heteroatoms. The van der Waals surface area contributed by atoms with E-state index in [1.807, 2.05) is 0 Å². The number of benzene rings is 1. The second kappa shape index (κ2) is 23.3. The average molecular weight is 896 g/mol. The van der Waals surface area contributed by atoms with E-state index >= 15 is 0 Å². The molecule has 1 aromatic rings. The van der Waals surface area contributed by atoms with Gasteiger partial charge in [0, 0.05) is 20.0 Å². The number of aliphatic imine (C=N–C) groups is 1. The Morgan fingerprint density at radius 1 is 1.00 bits per heavy atom. The number of hydrogen-bond acceptors (Lipinski definition) is 13. The van der Waals surface area contributed by atoms with E-state index in [1.54, 1.807) is 27.7 Å². The van der Waals surface area contributed by atoms with E-state index in [9.17, 15) is 54.0 Å². The summed E-state index contributed by atoms with van der Waals surface area (Å²) in [5.74, 6) is -8.31. The van der Waals surface area contributed by atoms with Gasteiger partial charge in [-0.2, -0.15) is 0 Å². The number of carbonyl (C=O) groups is 7. The molecule has 2 heterocycles. The number of aliphatic hydroxyl groups is 3. The first-order valence-electron chi connectivity index (χ1n) is 20.7. The van der Waals surface area contributed by atoms with Crippen molar-refractivity contribution < 1.29 is 58.7 Å². The summed E-state index contributed by atoms with van der Waals surface area (Å²) < 4.78 is 5.74. The number of aromatic hydroxyl groups is 1. The summed E-state index contributed by atoms with van der Waals surface area (Å²) in [4.78, 5) is 105. The topological polar surface area (TPSA) is 329 Å². The van der Waals surface area contributed by atoms with Gasteiger partial charge in [-0.1, -0.05) is 58.2 Å². The van der Waals surface area contributed by atoms with Crippen LogP contribution in [0.2, 0.25) is 5.02 Å². The number of fused-ring (bicyclic) bond motifs is 2. The van der Waals surface area contributed by atoms with Crippen molar-refractivity contribution in [2.45, 2.75) is 134 Å². The van der Waals surface area contributed by atoms with Gasteiger partial charge in [-0.05, 0) is 62.1 Å². The predicted molar refractivity (Wildman–Crippen MR) is 224 cm³/mol. The van der Waals surface area contributed by atoms with Crippen molar-refractivity contribution in [3.8, 4) is 5.75 Å². The minimum Gasteiger partial charge on any atom is -0.506 e. The molecule has 3 rings (SSSR count). The Labute approximate surface area is 365 Å². The molecule has 0 radical (unpaired) electrons. The fourth-order valence-corrected chi connectivity index (χ4v) is 7.37. The number of halogens is 1. The van der Waals surface area contributed by atoms with E-state index in [2.05, 4.69) is 26.3 Å². The first-order chi connectivity index (χ1) is 29.2. The molecule has 0 unspecified atom stereocenters. The molecular formula is C40H62ClN9O12. The molecule has 2 bridgehead atoms. The molecule has 1 aromatic carbocycles. The van der Waals surface area contributed by atoms with Crippen LogP contribution in [0.15, 0.2) is 23.2 Å². The molecule has 62 heavy (non-hydrogen) atoms. The number of hydrogen-bond donors (Lipinski definition) is 10. The van der Waals surface area contributed by atoms with Gasteiger partial charge >= 0.3 is 5.97 Å². The zero-order chi connectivity index (χ0) is 46.6. The Hall–Kier alpha value is -5.25. The molecule has 11 atom stereocenters. The lowest BCUT2D eigenvalue weighted by Gasteiger charge is -2.44. The summed E-state index contributed by atoms with van der Waals surface area (Å²) >= 11 is 6.22. The highest BCUT2D eigenvalue weighted by Crippen LogP contribution is 2.29. The maximum absolute atomic E-state index is 14.8. The molecule has 6 amide bonds. The maximum atomic E-state index is 14.8. The highest BCUT2D eigenvalue weighted by Gasteiger charge is 2.47. The van der Waals surface area contributed by atoms with Crippen molar-refractivity contribution in [3.05, 3.63) is 28.8 Å². The Bertz CT molecular complexity index is 1820. The zero-order valence-corrected chi connectivity index (χ0v) is 36.6. The molecule has 2 fully saturated rings. The summed E-state index contributed by atoms with van der Waals surface area (Å²) in [6.07, 6.45) is -4.73. The number of cyclic esters (lactones) is 1. The van der Waals surface area contributed by atoms with Crippen LogP contribution in [0.5, 0.6) is 5.75 Å². The van der Waals surface area contributed by atoms with Gasteiger partial charge in [0.2, 0.25) is 29.5 Å². The number of nitrogens with two attached hydrogens (primary N) is 2. The lowest BCUT2D eigenvalue weighted by atomic mass is 9.91. The van der Waals surface area contributed by atoms with Crippen LogP contribution in [0, 0.1) is 11.8 Å². The zero-order valence-electron chi connectivity index (χ0n) is 35.9. The smallest absolute Gasteiger partial charge is 0.329 e. The van der Waals surface area contributed by atoms with Gasteiger partial charge in [-0.25, -0.2) is 4.79 Å². The van der Waals surface area contributed by atoms with Crippen molar-refractivity contribution in [1.29, 1.82) is 0 Å². The third-order valence-electron chi connectivity index (χ3n) is 11.4. The van der Waals surface area contributed by atoms with Crippen LogP contribution in [0.25, 0.3) is 0 Å². The van der Waals surface area contributed by atoms with E-state index in [1.165, 1.54) is 32.2 Å². The first kappa shape index (κ1) is 51.1. The molecule has 0 aliphatic carbocycles. The van der Waals surface area contributed by atoms with Crippen molar-refractivity contribution in [1.82, 2.24) is 31.1 Å². The Morgan fingerprint density at radius 2 is 1.66 bits per heavy atom. The minimum atomic E-state index is -2.00. The molecule has 346 valence electrons. The number of likely N-dealkylation sites (N-methyl/N-ethyl adjacent to an activating group) is 1. The normalized spacial score (nSPS) is 27.3. The largest absolute Gasteiger partial charge is 0.506 e. The number of aliphatic hydroxyl groups excluding tert-OH is 3. The molecule has 2 aliphatic rings. The monoisotopic (exact) mass is 895 g/mol. The molecule has 0 aromatic heterocycles. The van der Waals surface area contributed by atoms with Crippen molar-refractivity contribution in [2.75, 3.05) is 20.2 Å². The summed E-state index contributed by atoms with van der Waals surface area (Å²) in [5, 5.41) is 51.1. The minimum absolute atomic E-state index is 0.0247.